The van der Waals surface area contributed by atoms with Crippen LogP contribution in [0.25, 0.3) is 0 Å². The molecule has 1 aliphatic heterocycles. The molecule has 0 bridgehead atoms. The molecule has 148 valence electrons. The van der Waals surface area contributed by atoms with Crippen molar-refractivity contribution in [3.05, 3.63) is 63.1 Å². The summed E-state index contributed by atoms with van der Waals surface area (Å²) in [5.74, 6) is 0.859. The topological polar surface area (TPSA) is 32.3 Å². The second-order valence-corrected chi connectivity index (χ2v) is 9.05. The summed E-state index contributed by atoms with van der Waals surface area (Å²) in [6, 6.07) is 13.8. The molecule has 0 radical (unpaired) electrons. The first kappa shape index (κ1) is 19.9. The molecule has 4 rings (SSSR count). The maximum Gasteiger partial charge on any atom is 0.223 e. The van der Waals surface area contributed by atoms with Gasteiger partial charge in [0.25, 0.3) is 0 Å². The number of amides is 1. The van der Waals surface area contributed by atoms with Crippen LogP contribution in [0.1, 0.15) is 37.3 Å². The van der Waals surface area contributed by atoms with Crippen molar-refractivity contribution < 1.29 is 4.79 Å². The summed E-state index contributed by atoms with van der Waals surface area (Å²) in [6.45, 7) is 1.58. The van der Waals surface area contributed by atoms with Gasteiger partial charge < -0.3 is 10.2 Å². The van der Waals surface area contributed by atoms with Gasteiger partial charge in [-0.25, -0.2) is 0 Å². The van der Waals surface area contributed by atoms with Gasteiger partial charge in [-0.2, -0.15) is 0 Å². The van der Waals surface area contributed by atoms with Gasteiger partial charge in [0.1, 0.15) is 0 Å². The number of rotatable bonds is 5. The highest BCUT2D eigenvalue weighted by Crippen LogP contribution is 2.40. The molecule has 0 aromatic heterocycles. The Morgan fingerprint density at radius 2 is 1.68 bits per heavy atom. The number of nitrogens with zero attached hydrogens (tertiary/aromatic N) is 1. The number of carbonyl (C=O) groups is 1. The summed E-state index contributed by atoms with van der Waals surface area (Å²) in [7, 11) is 0. The third-order valence-electron chi connectivity index (χ3n) is 5.67. The van der Waals surface area contributed by atoms with Crippen LogP contribution in [0.5, 0.6) is 0 Å². The van der Waals surface area contributed by atoms with Gasteiger partial charge in [0.15, 0.2) is 0 Å². The van der Waals surface area contributed by atoms with E-state index in [0.29, 0.717) is 16.0 Å². The second-order valence-electron chi connectivity index (χ2n) is 7.77. The van der Waals surface area contributed by atoms with E-state index in [4.69, 9.17) is 34.8 Å². The minimum Gasteiger partial charge on any atom is -0.364 e. The van der Waals surface area contributed by atoms with Crippen LogP contribution in [-0.2, 0) is 4.79 Å². The van der Waals surface area contributed by atoms with E-state index in [1.165, 1.54) is 0 Å². The van der Waals surface area contributed by atoms with Crippen LogP contribution in [0.4, 0.5) is 5.69 Å². The summed E-state index contributed by atoms with van der Waals surface area (Å²) < 4.78 is 0. The molecule has 2 aliphatic rings. The minimum absolute atomic E-state index is 0.168. The molecule has 2 aromatic rings. The summed E-state index contributed by atoms with van der Waals surface area (Å²) in [5.41, 5.74) is 2.19. The number of hydrogen-bond acceptors (Lipinski definition) is 2. The molecular weight excluding hydrogens is 415 g/mol. The fourth-order valence-corrected chi connectivity index (χ4v) is 4.62. The lowest BCUT2D eigenvalue weighted by Gasteiger charge is -2.42. The van der Waals surface area contributed by atoms with Crippen LogP contribution in [0, 0.1) is 11.8 Å². The molecule has 1 saturated heterocycles. The Morgan fingerprint density at radius 1 is 0.964 bits per heavy atom. The number of benzene rings is 2. The highest BCUT2D eigenvalue weighted by Gasteiger charge is 2.33. The molecule has 1 saturated carbocycles. The van der Waals surface area contributed by atoms with Gasteiger partial charge in [-0.05, 0) is 73.6 Å². The molecular formula is C22H23Cl3N2O. The van der Waals surface area contributed by atoms with Gasteiger partial charge in [0.2, 0.25) is 5.91 Å². The monoisotopic (exact) mass is 436 g/mol. The SMILES string of the molecule is O=C(NCC1CCC(c2ccc(Cl)cc2Cl)N(c2ccc(Cl)cc2)C1)C1CC1. The average Bonchev–Trinajstić information content (AvgIpc) is 3.52. The molecule has 2 aromatic carbocycles. The number of anilines is 1. The van der Waals surface area contributed by atoms with Crippen molar-refractivity contribution in [3.8, 4) is 0 Å². The summed E-state index contributed by atoms with van der Waals surface area (Å²) >= 11 is 18.7. The second kappa shape index (κ2) is 8.52. The molecule has 6 heteroatoms. The van der Waals surface area contributed by atoms with Crippen molar-refractivity contribution in [3.63, 3.8) is 0 Å². The van der Waals surface area contributed by atoms with Crippen LogP contribution >= 0.6 is 34.8 Å². The van der Waals surface area contributed by atoms with Gasteiger partial charge in [-0.3, -0.25) is 4.79 Å². The van der Waals surface area contributed by atoms with E-state index >= 15 is 0 Å². The molecule has 1 N–H and O–H groups in total. The maximum atomic E-state index is 12.0. The Kier molecular flexibility index (Phi) is 6.05. The minimum atomic E-state index is 0.168. The molecule has 1 amide bonds. The van der Waals surface area contributed by atoms with E-state index in [1.807, 2.05) is 36.4 Å². The zero-order chi connectivity index (χ0) is 19.7. The maximum absolute atomic E-state index is 12.0. The predicted octanol–water partition coefficient (Wildman–Crippen LogP) is 6.13. The standard InChI is InChI=1S/C22H23Cl3N2O/c23-16-4-7-18(8-5-16)27-13-14(12-26-22(28)15-2-3-15)1-10-21(27)19-9-6-17(24)11-20(19)25/h4-9,11,14-15,21H,1-3,10,12-13H2,(H,26,28). The van der Waals surface area contributed by atoms with Crippen molar-refractivity contribution in [2.75, 3.05) is 18.0 Å². The third kappa shape index (κ3) is 4.59. The molecule has 2 unspecified atom stereocenters. The number of nitrogens with one attached hydrogen (secondary N) is 1. The van der Waals surface area contributed by atoms with Crippen LogP contribution in [-0.4, -0.2) is 19.0 Å². The number of halogens is 3. The first-order valence-corrected chi connectivity index (χ1v) is 10.9. The van der Waals surface area contributed by atoms with Gasteiger partial charge in [0.05, 0.1) is 6.04 Å². The number of carbonyl (C=O) groups excluding carboxylic acids is 1. The van der Waals surface area contributed by atoms with E-state index in [2.05, 4.69) is 10.2 Å². The van der Waals surface area contributed by atoms with E-state index in [0.717, 1.165) is 55.0 Å². The molecule has 1 aliphatic carbocycles. The van der Waals surface area contributed by atoms with Gasteiger partial charge in [-0.1, -0.05) is 40.9 Å². The lowest BCUT2D eigenvalue weighted by atomic mass is 9.88. The van der Waals surface area contributed by atoms with Gasteiger partial charge >= 0.3 is 0 Å². The fraction of sp³-hybridized carbons (Fsp3) is 0.409. The summed E-state index contributed by atoms with van der Waals surface area (Å²) in [4.78, 5) is 14.4. The van der Waals surface area contributed by atoms with E-state index < -0.39 is 0 Å². The van der Waals surface area contributed by atoms with Crippen LogP contribution in [0.15, 0.2) is 42.5 Å². The third-order valence-corrected chi connectivity index (χ3v) is 6.49. The lowest BCUT2D eigenvalue weighted by molar-refractivity contribution is -0.122. The van der Waals surface area contributed by atoms with Crippen LogP contribution in [0.3, 0.4) is 0 Å². The average molecular weight is 438 g/mol. The predicted molar refractivity (Wildman–Crippen MR) is 116 cm³/mol. The summed E-state index contributed by atoms with van der Waals surface area (Å²) in [6.07, 6.45) is 4.07. The Hall–Kier alpha value is -1.42. The fourth-order valence-electron chi connectivity index (χ4n) is 3.96. The Balaban J connectivity index is 1.55. The Bertz CT molecular complexity index is 851. The van der Waals surface area contributed by atoms with Gasteiger partial charge in [-0.15, -0.1) is 0 Å². The molecule has 0 spiro atoms. The van der Waals surface area contributed by atoms with Crippen molar-refractivity contribution in [1.82, 2.24) is 5.32 Å². The van der Waals surface area contributed by atoms with Crippen molar-refractivity contribution >= 4 is 46.4 Å². The first-order chi connectivity index (χ1) is 13.5. The van der Waals surface area contributed by atoms with Crippen molar-refractivity contribution in [2.45, 2.75) is 31.7 Å². The molecule has 2 fully saturated rings. The van der Waals surface area contributed by atoms with Crippen LogP contribution in [0.2, 0.25) is 15.1 Å². The smallest absolute Gasteiger partial charge is 0.223 e. The number of piperidine rings is 1. The molecule has 1 heterocycles. The quantitative estimate of drug-likeness (QED) is 0.610. The highest BCUT2D eigenvalue weighted by atomic mass is 35.5. The molecule has 2 atom stereocenters. The normalized spacial score (nSPS) is 22.2. The zero-order valence-corrected chi connectivity index (χ0v) is 17.8. The zero-order valence-electron chi connectivity index (χ0n) is 15.5. The van der Waals surface area contributed by atoms with E-state index in [-0.39, 0.29) is 17.9 Å². The van der Waals surface area contributed by atoms with Crippen molar-refractivity contribution in [2.24, 2.45) is 11.8 Å². The molecule has 3 nitrogen and oxygen atoms in total. The van der Waals surface area contributed by atoms with E-state index in [9.17, 15) is 4.79 Å². The Morgan fingerprint density at radius 3 is 2.36 bits per heavy atom. The molecule has 28 heavy (non-hydrogen) atoms. The van der Waals surface area contributed by atoms with Crippen LogP contribution < -0.4 is 10.2 Å². The lowest BCUT2D eigenvalue weighted by Crippen LogP contribution is -2.43. The number of hydrogen-bond donors (Lipinski definition) is 1. The first-order valence-electron chi connectivity index (χ1n) is 9.76. The summed E-state index contributed by atoms with van der Waals surface area (Å²) in [5, 5.41) is 5.19. The largest absolute Gasteiger partial charge is 0.364 e. The van der Waals surface area contributed by atoms with Gasteiger partial charge in [0, 0.05) is 39.8 Å². The highest BCUT2D eigenvalue weighted by molar-refractivity contribution is 6.35. The van der Waals surface area contributed by atoms with E-state index in [1.54, 1.807) is 6.07 Å². The Labute approximate surface area is 181 Å². The van der Waals surface area contributed by atoms with Crippen molar-refractivity contribution in [1.29, 1.82) is 0 Å².